The van der Waals surface area contributed by atoms with Crippen LogP contribution in [-0.4, -0.2) is 50.6 Å². The van der Waals surface area contributed by atoms with Gasteiger partial charge in [0, 0.05) is 40.7 Å². The highest BCUT2D eigenvalue weighted by molar-refractivity contribution is 7.99. The lowest BCUT2D eigenvalue weighted by Gasteiger charge is -2.28. The van der Waals surface area contributed by atoms with E-state index in [2.05, 4.69) is 20.6 Å². The first-order valence-electron chi connectivity index (χ1n) is 14.2. The molecule has 2 atom stereocenters. The number of nitrogens with zero attached hydrogens (tertiary/aromatic N) is 3. The van der Waals surface area contributed by atoms with E-state index in [1.165, 1.54) is 28.0 Å². The Bertz CT molecular complexity index is 1560. The molecule has 2 N–H and O–H groups in total. The molecule has 3 heterocycles. The number of hydrogen-bond acceptors (Lipinski definition) is 8. The molecule has 3 amide bonds. The summed E-state index contributed by atoms with van der Waals surface area (Å²) in [5, 5.41) is 7.91. The summed E-state index contributed by atoms with van der Waals surface area (Å²) in [6, 6.07) is 19.9. The van der Waals surface area contributed by atoms with Crippen molar-refractivity contribution in [3.05, 3.63) is 101 Å². The molecule has 11 heteroatoms. The summed E-state index contributed by atoms with van der Waals surface area (Å²) in [4.78, 5) is 49.7. The maximum absolute atomic E-state index is 13.5. The zero-order valence-corrected chi connectivity index (χ0v) is 25.0. The molecule has 2 aromatic carbocycles. The van der Waals surface area contributed by atoms with E-state index in [1.54, 1.807) is 24.5 Å². The Morgan fingerprint density at radius 1 is 0.953 bits per heavy atom. The molecule has 2 aliphatic rings. The molecule has 6 rings (SSSR count). The molecule has 43 heavy (non-hydrogen) atoms. The largest absolute Gasteiger partial charge is 0.444 e. The standard InChI is InChI=1S/C32H31N5O4S2/c38-28(34-25-8-4-5-9-25)23-12-10-22(11-13-23)26-19-43-31(35-26)36-29(39)27-20-42-30(24-14-16-33-17-15-24)37(27)32(40)41-18-21-6-2-1-3-7-21/h1-3,6-7,10-17,19,25,27,30H,4-5,8-9,18,20H2,(H,34,38)(H,35,36,39)/t27-,30?/m0/s1. The van der Waals surface area contributed by atoms with E-state index in [0.717, 1.165) is 42.4 Å². The number of ether oxygens (including phenoxy) is 1. The summed E-state index contributed by atoms with van der Waals surface area (Å²) in [7, 11) is 0. The van der Waals surface area contributed by atoms with Gasteiger partial charge in [-0.1, -0.05) is 55.3 Å². The fourth-order valence-corrected chi connectivity index (χ4v) is 7.44. The number of aromatic nitrogens is 2. The van der Waals surface area contributed by atoms with Crippen LogP contribution in [0.1, 0.15) is 52.5 Å². The Balaban J connectivity index is 1.12. The third-order valence-corrected chi connectivity index (χ3v) is 9.66. The van der Waals surface area contributed by atoms with Crippen LogP contribution in [0, 0.1) is 0 Å². The normalized spacial score (nSPS) is 18.4. The van der Waals surface area contributed by atoms with Gasteiger partial charge in [-0.25, -0.2) is 9.78 Å². The zero-order chi connectivity index (χ0) is 29.6. The Kier molecular flexibility index (Phi) is 8.99. The maximum Gasteiger partial charge on any atom is 0.412 e. The van der Waals surface area contributed by atoms with Crippen molar-refractivity contribution < 1.29 is 19.1 Å². The number of carbonyl (C=O) groups excluding carboxylic acids is 3. The number of anilines is 1. The monoisotopic (exact) mass is 613 g/mol. The van der Waals surface area contributed by atoms with Crippen molar-refractivity contribution in [1.29, 1.82) is 0 Å². The van der Waals surface area contributed by atoms with Gasteiger partial charge in [0.1, 0.15) is 18.0 Å². The quantitative estimate of drug-likeness (QED) is 0.241. The predicted molar refractivity (Wildman–Crippen MR) is 168 cm³/mol. The number of benzene rings is 2. The SMILES string of the molecule is O=C(NC1CCCC1)c1ccc(-c2csc(NC(=O)[C@@H]3CSC(c4ccncc4)N3C(=O)OCc3ccccc3)n2)cc1. The van der Waals surface area contributed by atoms with E-state index in [1.807, 2.05) is 60.0 Å². The molecule has 9 nitrogen and oxygen atoms in total. The number of amides is 3. The van der Waals surface area contributed by atoms with Gasteiger partial charge in [0.05, 0.1) is 5.69 Å². The highest BCUT2D eigenvalue weighted by Crippen LogP contribution is 2.42. The first-order chi connectivity index (χ1) is 21.0. The fourth-order valence-electron chi connectivity index (χ4n) is 5.29. The van der Waals surface area contributed by atoms with Gasteiger partial charge in [-0.3, -0.25) is 19.5 Å². The fraction of sp³-hybridized carbons (Fsp3) is 0.281. The number of carbonyl (C=O) groups is 3. The third kappa shape index (κ3) is 6.89. The molecule has 1 saturated carbocycles. The van der Waals surface area contributed by atoms with Gasteiger partial charge in [0.15, 0.2) is 5.13 Å². The minimum absolute atomic E-state index is 0.0592. The second-order valence-corrected chi connectivity index (χ2v) is 12.5. The number of thioether (sulfide) groups is 1. The topological polar surface area (TPSA) is 114 Å². The van der Waals surface area contributed by atoms with Crippen molar-refractivity contribution in [2.24, 2.45) is 0 Å². The van der Waals surface area contributed by atoms with Crippen LogP contribution in [0.3, 0.4) is 0 Å². The van der Waals surface area contributed by atoms with E-state index < -0.39 is 17.5 Å². The molecule has 4 aromatic rings. The molecule has 220 valence electrons. The Hall–Kier alpha value is -4.22. The van der Waals surface area contributed by atoms with Crippen LogP contribution >= 0.6 is 23.1 Å². The van der Waals surface area contributed by atoms with Gasteiger partial charge < -0.3 is 15.4 Å². The van der Waals surface area contributed by atoms with Crippen LogP contribution < -0.4 is 10.6 Å². The lowest BCUT2D eigenvalue weighted by Crippen LogP contribution is -2.45. The summed E-state index contributed by atoms with van der Waals surface area (Å²) >= 11 is 2.81. The Morgan fingerprint density at radius 3 is 2.44 bits per heavy atom. The molecule has 0 radical (unpaired) electrons. The van der Waals surface area contributed by atoms with Crippen molar-refractivity contribution >= 4 is 46.1 Å². The van der Waals surface area contributed by atoms with Crippen LogP contribution in [0.4, 0.5) is 9.93 Å². The molecular formula is C32H31N5O4S2. The molecule has 1 saturated heterocycles. The highest BCUT2D eigenvalue weighted by Gasteiger charge is 2.43. The average molecular weight is 614 g/mol. The smallest absolute Gasteiger partial charge is 0.412 e. The van der Waals surface area contributed by atoms with Crippen molar-refractivity contribution in [2.75, 3.05) is 11.1 Å². The summed E-state index contributed by atoms with van der Waals surface area (Å²) in [6.45, 7) is 0.106. The van der Waals surface area contributed by atoms with Crippen molar-refractivity contribution in [2.45, 2.75) is 49.7 Å². The first-order valence-corrected chi connectivity index (χ1v) is 16.2. The Labute approximate surface area is 258 Å². The van der Waals surface area contributed by atoms with E-state index in [4.69, 9.17) is 4.74 Å². The molecular weight excluding hydrogens is 583 g/mol. The Morgan fingerprint density at radius 2 is 1.70 bits per heavy atom. The molecule has 2 fully saturated rings. The van der Waals surface area contributed by atoms with Gasteiger partial charge in [-0.05, 0) is 48.2 Å². The van der Waals surface area contributed by atoms with Crippen molar-refractivity contribution in [3.8, 4) is 11.3 Å². The van der Waals surface area contributed by atoms with Crippen LogP contribution in [0.25, 0.3) is 11.3 Å². The minimum atomic E-state index is -0.753. The van der Waals surface area contributed by atoms with Crippen LogP contribution in [-0.2, 0) is 16.1 Å². The lowest BCUT2D eigenvalue weighted by molar-refractivity contribution is -0.120. The molecule has 2 aromatic heterocycles. The van der Waals surface area contributed by atoms with Gasteiger partial charge in [0.25, 0.3) is 5.91 Å². The first kappa shape index (κ1) is 28.9. The van der Waals surface area contributed by atoms with Gasteiger partial charge >= 0.3 is 6.09 Å². The zero-order valence-electron chi connectivity index (χ0n) is 23.3. The van der Waals surface area contributed by atoms with E-state index >= 15 is 0 Å². The van der Waals surface area contributed by atoms with Crippen LogP contribution in [0.15, 0.2) is 84.5 Å². The van der Waals surface area contributed by atoms with E-state index in [9.17, 15) is 14.4 Å². The number of rotatable bonds is 8. The maximum atomic E-state index is 13.5. The molecule has 1 aliphatic carbocycles. The number of thiazole rings is 1. The lowest BCUT2D eigenvalue weighted by atomic mass is 10.1. The van der Waals surface area contributed by atoms with Gasteiger partial charge in [-0.15, -0.1) is 23.1 Å². The highest BCUT2D eigenvalue weighted by atomic mass is 32.2. The molecule has 0 bridgehead atoms. The molecule has 1 unspecified atom stereocenters. The summed E-state index contributed by atoms with van der Waals surface area (Å²) in [5.41, 5.74) is 3.87. The van der Waals surface area contributed by atoms with E-state index in [0.29, 0.717) is 22.1 Å². The summed E-state index contributed by atoms with van der Waals surface area (Å²) < 4.78 is 5.66. The van der Waals surface area contributed by atoms with Crippen molar-refractivity contribution in [1.82, 2.24) is 20.2 Å². The number of pyridine rings is 1. The van der Waals surface area contributed by atoms with Crippen molar-refractivity contribution in [3.63, 3.8) is 0 Å². The molecule has 1 aliphatic heterocycles. The van der Waals surface area contributed by atoms with Crippen LogP contribution in [0.5, 0.6) is 0 Å². The van der Waals surface area contributed by atoms with Gasteiger partial charge in [-0.2, -0.15) is 0 Å². The predicted octanol–water partition coefficient (Wildman–Crippen LogP) is 6.27. The second kappa shape index (κ2) is 13.4. The minimum Gasteiger partial charge on any atom is -0.444 e. The number of nitrogens with one attached hydrogen (secondary N) is 2. The average Bonchev–Trinajstić information content (AvgIpc) is 3.83. The van der Waals surface area contributed by atoms with Crippen LogP contribution in [0.2, 0.25) is 0 Å². The third-order valence-electron chi connectivity index (χ3n) is 7.58. The summed E-state index contributed by atoms with van der Waals surface area (Å²) in [5.74, 6) is 0.0126. The number of hydrogen-bond donors (Lipinski definition) is 2. The van der Waals surface area contributed by atoms with Gasteiger partial charge in [0.2, 0.25) is 5.91 Å². The molecule has 0 spiro atoms. The second-order valence-electron chi connectivity index (χ2n) is 10.5. The van der Waals surface area contributed by atoms with E-state index in [-0.39, 0.29) is 24.5 Å². The summed E-state index contributed by atoms with van der Waals surface area (Å²) in [6.07, 6.45) is 7.17.